The molecule has 0 fully saturated rings. The summed E-state index contributed by atoms with van der Waals surface area (Å²) in [6, 6.07) is 10.2. The summed E-state index contributed by atoms with van der Waals surface area (Å²) in [5.41, 5.74) is 1.78. The average molecular weight is 329 g/mol. The lowest BCUT2D eigenvalue weighted by molar-refractivity contribution is 0.0970. The van der Waals surface area contributed by atoms with Gasteiger partial charge in [-0.25, -0.2) is 8.78 Å². The van der Waals surface area contributed by atoms with Crippen LogP contribution in [0.2, 0.25) is 0 Å². The quantitative estimate of drug-likeness (QED) is 0.716. The second-order valence-corrected chi connectivity index (χ2v) is 5.63. The number of carbonyl (C=O) groups excluding carboxylic acids is 1. The second-order valence-electron chi connectivity index (χ2n) is 5.63. The zero-order valence-electron chi connectivity index (χ0n) is 13.2. The highest BCUT2D eigenvalue weighted by Crippen LogP contribution is 2.15. The number of halogens is 2. The van der Waals surface area contributed by atoms with Crippen molar-refractivity contribution in [3.05, 3.63) is 65.3 Å². The standard InChI is InChI=1S/C18H17F2N3O/c1-2-7-22-15-5-3-4-6-16(15)23(18(22)21)11-17(24)12-8-13(19)10-14(20)9-12/h3-6,8-10,21H,2,7,11H2,1H3. The zero-order chi connectivity index (χ0) is 17.3. The first-order valence-corrected chi connectivity index (χ1v) is 7.73. The molecule has 1 N–H and O–H groups in total. The Bertz CT molecular complexity index is 952. The van der Waals surface area contributed by atoms with E-state index in [2.05, 4.69) is 0 Å². The lowest BCUT2D eigenvalue weighted by Crippen LogP contribution is -2.27. The minimum Gasteiger partial charge on any atom is -0.310 e. The van der Waals surface area contributed by atoms with E-state index in [1.54, 1.807) is 4.57 Å². The van der Waals surface area contributed by atoms with Gasteiger partial charge in [0.15, 0.2) is 5.78 Å². The molecule has 0 saturated carbocycles. The number of para-hydroxylation sites is 2. The number of carbonyl (C=O) groups is 1. The van der Waals surface area contributed by atoms with Gasteiger partial charge in [-0.05, 0) is 30.7 Å². The van der Waals surface area contributed by atoms with Crippen molar-refractivity contribution in [1.29, 1.82) is 5.41 Å². The first kappa shape index (κ1) is 16.1. The summed E-state index contributed by atoms with van der Waals surface area (Å²) in [5.74, 6) is -2.02. The predicted molar refractivity (Wildman–Crippen MR) is 86.8 cm³/mol. The van der Waals surface area contributed by atoms with E-state index in [1.165, 1.54) is 0 Å². The van der Waals surface area contributed by atoms with E-state index < -0.39 is 17.4 Å². The van der Waals surface area contributed by atoms with Crippen LogP contribution in [0.3, 0.4) is 0 Å². The van der Waals surface area contributed by atoms with Crippen LogP contribution < -0.4 is 5.62 Å². The molecule has 0 saturated heterocycles. The molecule has 1 aromatic heterocycles. The van der Waals surface area contributed by atoms with Crippen LogP contribution in [0.15, 0.2) is 42.5 Å². The third-order valence-corrected chi connectivity index (χ3v) is 3.91. The lowest BCUT2D eigenvalue weighted by Gasteiger charge is -2.05. The monoisotopic (exact) mass is 329 g/mol. The molecule has 0 aliphatic carbocycles. The maximum Gasteiger partial charge on any atom is 0.203 e. The van der Waals surface area contributed by atoms with Crippen molar-refractivity contribution in [2.75, 3.05) is 0 Å². The van der Waals surface area contributed by atoms with Crippen LogP contribution in [0.1, 0.15) is 23.7 Å². The third-order valence-electron chi connectivity index (χ3n) is 3.91. The minimum absolute atomic E-state index is 0.0354. The molecule has 6 heteroatoms. The van der Waals surface area contributed by atoms with Crippen LogP contribution in [0.25, 0.3) is 11.0 Å². The zero-order valence-corrected chi connectivity index (χ0v) is 13.2. The van der Waals surface area contributed by atoms with Crippen molar-refractivity contribution < 1.29 is 13.6 Å². The lowest BCUT2D eigenvalue weighted by atomic mass is 10.1. The van der Waals surface area contributed by atoms with Gasteiger partial charge in [-0.15, -0.1) is 0 Å². The Kier molecular flexibility index (Phi) is 4.29. The van der Waals surface area contributed by atoms with Crippen LogP contribution >= 0.6 is 0 Å². The van der Waals surface area contributed by atoms with E-state index in [4.69, 9.17) is 5.41 Å². The van der Waals surface area contributed by atoms with Crippen molar-refractivity contribution >= 4 is 16.8 Å². The third kappa shape index (κ3) is 2.87. The van der Waals surface area contributed by atoms with Gasteiger partial charge < -0.3 is 9.13 Å². The van der Waals surface area contributed by atoms with Gasteiger partial charge in [0.25, 0.3) is 0 Å². The molecule has 124 valence electrons. The molecule has 0 bridgehead atoms. The number of nitrogens with one attached hydrogen (secondary N) is 1. The van der Waals surface area contributed by atoms with Crippen molar-refractivity contribution in [3.63, 3.8) is 0 Å². The molecule has 0 atom stereocenters. The Balaban J connectivity index is 2.05. The Morgan fingerprint density at radius 2 is 1.62 bits per heavy atom. The van der Waals surface area contributed by atoms with Crippen molar-refractivity contribution in [3.8, 4) is 0 Å². The fourth-order valence-electron chi connectivity index (χ4n) is 2.85. The van der Waals surface area contributed by atoms with Crippen LogP contribution in [-0.4, -0.2) is 14.9 Å². The van der Waals surface area contributed by atoms with Crippen LogP contribution in [0.5, 0.6) is 0 Å². The first-order chi connectivity index (χ1) is 11.5. The molecule has 3 rings (SSSR count). The summed E-state index contributed by atoms with van der Waals surface area (Å²) >= 11 is 0. The van der Waals surface area contributed by atoms with Crippen LogP contribution in [0, 0.1) is 17.0 Å². The molecule has 0 spiro atoms. The van der Waals surface area contributed by atoms with Gasteiger partial charge >= 0.3 is 0 Å². The van der Waals surface area contributed by atoms with Crippen LogP contribution in [0.4, 0.5) is 8.78 Å². The number of hydrogen-bond acceptors (Lipinski definition) is 2. The summed E-state index contributed by atoms with van der Waals surface area (Å²) in [7, 11) is 0. The molecule has 1 heterocycles. The predicted octanol–water partition coefficient (Wildman–Crippen LogP) is 3.49. The summed E-state index contributed by atoms with van der Waals surface area (Å²) < 4.78 is 30.0. The van der Waals surface area contributed by atoms with E-state index in [1.807, 2.05) is 35.8 Å². The Morgan fingerprint density at radius 1 is 1.04 bits per heavy atom. The Morgan fingerprint density at radius 3 is 2.21 bits per heavy atom. The highest BCUT2D eigenvalue weighted by molar-refractivity contribution is 5.96. The molecule has 4 nitrogen and oxygen atoms in total. The summed E-state index contributed by atoms with van der Waals surface area (Å²) in [6.07, 6.45) is 0.855. The van der Waals surface area contributed by atoms with Crippen LogP contribution in [-0.2, 0) is 13.1 Å². The van der Waals surface area contributed by atoms with Crippen molar-refractivity contribution in [2.45, 2.75) is 26.4 Å². The number of benzene rings is 2. The van der Waals surface area contributed by atoms with Gasteiger partial charge in [0, 0.05) is 18.2 Å². The molecular weight excluding hydrogens is 312 g/mol. The molecule has 24 heavy (non-hydrogen) atoms. The highest BCUT2D eigenvalue weighted by Gasteiger charge is 2.15. The normalized spacial score (nSPS) is 11.1. The Hall–Kier alpha value is -2.76. The number of nitrogens with zero attached hydrogens (tertiary/aromatic N) is 2. The molecule has 0 aliphatic heterocycles. The largest absolute Gasteiger partial charge is 0.310 e. The van der Waals surface area contributed by atoms with E-state index in [9.17, 15) is 13.6 Å². The maximum absolute atomic E-state index is 13.3. The molecule has 3 aromatic rings. The number of ketones is 1. The van der Waals surface area contributed by atoms with Gasteiger partial charge in [0.2, 0.25) is 5.62 Å². The van der Waals surface area contributed by atoms with Gasteiger partial charge in [0.05, 0.1) is 17.6 Å². The SMILES string of the molecule is CCCn1c(=N)n(CC(=O)c2cc(F)cc(F)c2)c2ccccc21. The molecular formula is C18H17F2N3O. The van der Waals surface area contributed by atoms with E-state index >= 15 is 0 Å². The smallest absolute Gasteiger partial charge is 0.203 e. The number of aromatic nitrogens is 2. The summed E-state index contributed by atoms with van der Waals surface area (Å²) in [5, 5.41) is 8.34. The van der Waals surface area contributed by atoms with Gasteiger partial charge in [-0.3, -0.25) is 10.2 Å². The molecule has 0 aliphatic rings. The average Bonchev–Trinajstić information content (AvgIpc) is 2.80. The topological polar surface area (TPSA) is 50.8 Å². The number of aryl methyl sites for hydroxylation is 1. The van der Waals surface area contributed by atoms with Crippen molar-refractivity contribution in [2.24, 2.45) is 0 Å². The molecule has 0 radical (unpaired) electrons. The number of fused-ring (bicyclic) bond motifs is 1. The minimum atomic E-state index is -0.789. The summed E-state index contributed by atoms with van der Waals surface area (Å²) in [6.45, 7) is 2.54. The molecule has 2 aromatic carbocycles. The van der Waals surface area contributed by atoms with Gasteiger partial charge in [-0.2, -0.15) is 0 Å². The van der Waals surface area contributed by atoms with E-state index in [0.717, 1.165) is 35.7 Å². The summed E-state index contributed by atoms with van der Waals surface area (Å²) in [4.78, 5) is 12.4. The fraction of sp³-hybridized carbons (Fsp3) is 0.222. The number of imidazole rings is 1. The Labute approximate surface area is 137 Å². The maximum atomic E-state index is 13.3. The highest BCUT2D eigenvalue weighted by atomic mass is 19.1. The van der Waals surface area contributed by atoms with Crippen molar-refractivity contribution in [1.82, 2.24) is 9.13 Å². The number of hydrogen-bond donors (Lipinski definition) is 1. The van der Waals surface area contributed by atoms with E-state index in [-0.39, 0.29) is 17.7 Å². The van der Waals surface area contributed by atoms with Gasteiger partial charge in [-0.1, -0.05) is 19.1 Å². The first-order valence-electron chi connectivity index (χ1n) is 7.73. The molecule has 0 unspecified atom stereocenters. The van der Waals surface area contributed by atoms with E-state index in [0.29, 0.717) is 6.54 Å². The van der Waals surface area contributed by atoms with Gasteiger partial charge in [0.1, 0.15) is 11.6 Å². The molecule has 0 amide bonds. The fourth-order valence-corrected chi connectivity index (χ4v) is 2.85. The number of rotatable bonds is 5. The number of Topliss-reactive ketones (excluding diaryl/α,β-unsaturated/α-hetero) is 1. The second kappa shape index (κ2) is 6.39.